The molecule has 2 heterocycles. The van der Waals surface area contributed by atoms with Crippen molar-refractivity contribution in [3.8, 4) is 0 Å². The van der Waals surface area contributed by atoms with Gasteiger partial charge in [0.1, 0.15) is 5.57 Å². The number of hydrogen-bond donors (Lipinski definition) is 0. The fraction of sp³-hybridized carbons (Fsp3) is 0.227. The van der Waals surface area contributed by atoms with Crippen LogP contribution in [0.4, 0.5) is 0 Å². The van der Waals surface area contributed by atoms with Crippen molar-refractivity contribution in [3.63, 3.8) is 0 Å². The average Bonchev–Trinajstić information content (AvgIpc) is 3.26. The first-order valence-electron chi connectivity index (χ1n) is 8.85. The van der Waals surface area contributed by atoms with Gasteiger partial charge in [0.25, 0.3) is 0 Å². The van der Waals surface area contributed by atoms with E-state index >= 15 is 0 Å². The summed E-state index contributed by atoms with van der Waals surface area (Å²) in [4.78, 5) is 39.4. The molecule has 2 aromatic rings. The van der Waals surface area contributed by atoms with Gasteiger partial charge in [0.15, 0.2) is 5.60 Å². The number of methoxy groups -OCH3 is 3. The smallest absolute Gasteiger partial charge is 0.340 e. The van der Waals surface area contributed by atoms with Gasteiger partial charge in [-0.3, -0.25) is 4.79 Å². The Morgan fingerprint density at radius 3 is 1.90 bits per heavy atom. The molecule has 0 fully saturated rings. The van der Waals surface area contributed by atoms with Crippen molar-refractivity contribution in [3.05, 3.63) is 82.4 Å². The van der Waals surface area contributed by atoms with Crippen molar-refractivity contribution in [2.75, 3.05) is 21.3 Å². The molecule has 148 valence electrons. The lowest BCUT2D eigenvalue weighted by molar-refractivity contribution is -0.212. The molecule has 0 aliphatic carbocycles. The van der Waals surface area contributed by atoms with Gasteiger partial charge in [0.05, 0.1) is 19.8 Å². The highest BCUT2D eigenvalue weighted by Gasteiger charge is 2.71. The van der Waals surface area contributed by atoms with Gasteiger partial charge in [-0.1, -0.05) is 54.6 Å². The van der Waals surface area contributed by atoms with Gasteiger partial charge in [-0.05, 0) is 0 Å². The van der Waals surface area contributed by atoms with Gasteiger partial charge in [-0.25, -0.2) is 9.59 Å². The first-order valence-corrected chi connectivity index (χ1v) is 8.85. The molecule has 4 rings (SSSR count). The molecule has 0 amide bonds. The van der Waals surface area contributed by atoms with E-state index < -0.39 is 29.1 Å². The Balaban J connectivity index is 2.11. The van der Waals surface area contributed by atoms with Crippen LogP contribution in [0.25, 0.3) is 0 Å². The van der Waals surface area contributed by atoms with E-state index in [9.17, 15) is 14.4 Å². The number of carbonyl (C=O) groups excluding carboxylic acids is 3. The topological polar surface area (TPSA) is 88.1 Å². The van der Waals surface area contributed by atoms with E-state index in [0.29, 0.717) is 16.7 Å². The number of carbonyl (C=O) groups is 3. The second kappa shape index (κ2) is 6.65. The van der Waals surface area contributed by atoms with Gasteiger partial charge < -0.3 is 18.9 Å². The van der Waals surface area contributed by atoms with Gasteiger partial charge in [0.2, 0.25) is 11.6 Å². The lowest BCUT2D eigenvalue weighted by atomic mass is 9.72. The standard InChI is InChI=1S/C22H18O7/c1-26-19(24)16-17(20(25)27-2)22(28-3)15-12-8-7-11-14(15)21(16,29-22)18(23)13-9-5-4-6-10-13/h4-12H,1-3H3/t21-,22+/m0/s1. The van der Waals surface area contributed by atoms with Crippen molar-refractivity contribution in [1.29, 1.82) is 0 Å². The SMILES string of the molecule is COC(=O)C1=C(C(=O)OC)[C@@]2(C(=O)c3ccccc3)O[C@]1(OC)c1ccccc12. The quantitative estimate of drug-likeness (QED) is 0.568. The van der Waals surface area contributed by atoms with Crippen LogP contribution in [0.2, 0.25) is 0 Å². The molecule has 0 spiro atoms. The van der Waals surface area contributed by atoms with E-state index in [1.54, 1.807) is 54.6 Å². The van der Waals surface area contributed by atoms with E-state index in [4.69, 9.17) is 18.9 Å². The van der Waals surface area contributed by atoms with E-state index in [1.165, 1.54) is 21.3 Å². The van der Waals surface area contributed by atoms with E-state index in [-0.39, 0.29) is 11.1 Å². The van der Waals surface area contributed by atoms with Crippen LogP contribution >= 0.6 is 0 Å². The van der Waals surface area contributed by atoms with Crippen LogP contribution in [0.1, 0.15) is 21.5 Å². The number of hydrogen-bond acceptors (Lipinski definition) is 7. The van der Waals surface area contributed by atoms with Crippen LogP contribution in [0.15, 0.2) is 65.7 Å². The highest BCUT2D eigenvalue weighted by atomic mass is 16.7. The second-order valence-corrected chi connectivity index (χ2v) is 6.58. The average molecular weight is 394 g/mol. The third-order valence-corrected chi connectivity index (χ3v) is 5.31. The van der Waals surface area contributed by atoms with Crippen molar-refractivity contribution in [1.82, 2.24) is 0 Å². The summed E-state index contributed by atoms with van der Waals surface area (Å²) < 4.78 is 21.7. The highest BCUT2D eigenvalue weighted by Crippen LogP contribution is 2.62. The van der Waals surface area contributed by atoms with Gasteiger partial charge in [0, 0.05) is 23.8 Å². The minimum Gasteiger partial charge on any atom is -0.466 e. The maximum atomic E-state index is 13.8. The van der Waals surface area contributed by atoms with Crippen LogP contribution in [0, 0.1) is 0 Å². The first kappa shape index (κ1) is 19.0. The van der Waals surface area contributed by atoms with Crippen LogP contribution in [0.3, 0.4) is 0 Å². The van der Waals surface area contributed by atoms with Crippen molar-refractivity contribution in [2.24, 2.45) is 0 Å². The maximum Gasteiger partial charge on any atom is 0.340 e. The number of fused-ring (bicyclic) bond motifs is 5. The molecule has 29 heavy (non-hydrogen) atoms. The molecule has 0 aromatic heterocycles. The van der Waals surface area contributed by atoms with E-state index in [0.717, 1.165) is 0 Å². The van der Waals surface area contributed by atoms with Crippen LogP contribution in [0.5, 0.6) is 0 Å². The molecule has 7 nitrogen and oxygen atoms in total. The number of benzene rings is 2. The van der Waals surface area contributed by atoms with E-state index in [1.807, 2.05) is 0 Å². The Morgan fingerprint density at radius 1 is 0.759 bits per heavy atom. The van der Waals surface area contributed by atoms with Crippen molar-refractivity contribution in [2.45, 2.75) is 11.4 Å². The lowest BCUT2D eigenvalue weighted by Gasteiger charge is -2.28. The summed E-state index contributed by atoms with van der Waals surface area (Å²) in [5, 5.41) is 0. The normalized spacial score (nSPS) is 24.2. The minimum absolute atomic E-state index is 0.197. The number of Topliss-reactive ketones (excluding diaryl/α,β-unsaturated/α-hetero) is 1. The Labute approximate surface area is 166 Å². The van der Waals surface area contributed by atoms with Crippen molar-refractivity contribution < 1.29 is 33.3 Å². The molecule has 2 aliphatic heterocycles. The fourth-order valence-corrected chi connectivity index (χ4v) is 4.13. The van der Waals surface area contributed by atoms with Crippen molar-refractivity contribution >= 4 is 17.7 Å². The predicted octanol–water partition coefficient (Wildman–Crippen LogP) is 2.25. The summed E-state index contributed by atoms with van der Waals surface area (Å²) in [6.07, 6.45) is 0. The van der Waals surface area contributed by atoms with Crippen LogP contribution < -0.4 is 0 Å². The summed E-state index contributed by atoms with van der Waals surface area (Å²) in [7, 11) is 3.68. The van der Waals surface area contributed by atoms with Crippen LogP contribution in [-0.4, -0.2) is 39.1 Å². The second-order valence-electron chi connectivity index (χ2n) is 6.58. The molecule has 0 radical (unpaired) electrons. The largest absolute Gasteiger partial charge is 0.466 e. The van der Waals surface area contributed by atoms with Gasteiger partial charge in [-0.2, -0.15) is 0 Å². The highest BCUT2D eigenvalue weighted by molar-refractivity contribution is 6.17. The molecular formula is C22H18O7. The summed E-state index contributed by atoms with van der Waals surface area (Å²) in [6, 6.07) is 15.2. The monoisotopic (exact) mass is 394 g/mol. The minimum atomic E-state index is -1.90. The molecule has 7 heteroatoms. The lowest BCUT2D eigenvalue weighted by Crippen LogP contribution is -2.40. The number of ether oxygens (including phenoxy) is 4. The summed E-state index contributed by atoms with van der Waals surface area (Å²) in [6.45, 7) is 0. The molecule has 0 unspecified atom stereocenters. The van der Waals surface area contributed by atoms with Gasteiger partial charge >= 0.3 is 11.9 Å². The zero-order valence-corrected chi connectivity index (χ0v) is 16.1. The molecule has 2 aromatic carbocycles. The number of ketones is 1. The molecule has 2 aliphatic rings. The van der Waals surface area contributed by atoms with E-state index in [2.05, 4.69) is 0 Å². The molecule has 0 saturated heterocycles. The molecular weight excluding hydrogens is 376 g/mol. The Kier molecular flexibility index (Phi) is 4.37. The zero-order valence-electron chi connectivity index (χ0n) is 16.1. The zero-order chi connectivity index (χ0) is 20.8. The third-order valence-electron chi connectivity index (χ3n) is 5.31. The summed E-state index contributed by atoms with van der Waals surface area (Å²) in [5.41, 5.74) is -1.14. The number of esters is 2. The Bertz CT molecular complexity index is 1060. The molecule has 2 bridgehead atoms. The third kappa shape index (κ3) is 2.28. The van der Waals surface area contributed by atoms with Crippen LogP contribution in [-0.2, 0) is 39.9 Å². The predicted molar refractivity (Wildman–Crippen MR) is 99.7 cm³/mol. The first-order chi connectivity index (χ1) is 14.0. The summed E-state index contributed by atoms with van der Waals surface area (Å²) >= 11 is 0. The summed E-state index contributed by atoms with van der Waals surface area (Å²) in [5.74, 6) is -3.99. The Morgan fingerprint density at radius 2 is 1.31 bits per heavy atom. The molecule has 0 N–H and O–H groups in total. The van der Waals surface area contributed by atoms with Gasteiger partial charge in [-0.15, -0.1) is 0 Å². The molecule has 0 saturated carbocycles. The number of rotatable bonds is 5. The fourth-order valence-electron chi connectivity index (χ4n) is 4.13. The maximum absolute atomic E-state index is 13.8. The molecule has 2 atom stereocenters. The Hall–Kier alpha value is -3.29.